The normalized spacial score (nSPS) is 11.1. The van der Waals surface area contributed by atoms with Crippen LogP contribution in [0.5, 0.6) is 0 Å². The van der Waals surface area contributed by atoms with Gasteiger partial charge in [-0.05, 0) is 171 Å². The first-order valence-electron chi connectivity index (χ1n) is 43.3. The molecule has 0 saturated heterocycles. The molecule has 15 aromatic rings. The van der Waals surface area contributed by atoms with Crippen molar-refractivity contribution in [2.45, 2.75) is 231 Å². The zero-order chi connectivity index (χ0) is 85.9. The molecule has 15 heteroatoms. The van der Waals surface area contributed by atoms with Gasteiger partial charge in [0.25, 0.3) is 0 Å². The molecule has 10 nitrogen and oxygen atoms in total. The van der Waals surface area contributed by atoms with Gasteiger partial charge in [-0.15, -0.1) is 179 Å². The molecule has 5 heterocycles. The fraction of sp³-hybridized carbons (Fsp3) is 0.318. The molecule has 5 aromatic heterocycles. The van der Waals surface area contributed by atoms with Crippen molar-refractivity contribution >= 4 is 0 Å². The van der Waals surface area contributed by atoms with E-state index in [1.54, 1.807) is 0 Å². The molecular formula is C110H125IrN10PdPt2Rh-5. The number of aromatic nitrogens is 10. The summed E-state index contributed by atoms with van der Waals surface area (Å²) in [6.45, 7) is 46.8. The summed E-state index contributed by atoms with van der Waals surface area (Å²) in [4.78, 5) is 24.0. The minimum Gasteiger partial charge on any atom is -0.340 e. The van der Waals surface area contributed by atoms with Gasteiger partial charge in [0.2, 0.25) is 0 Å². The van der Waals surface area contributed by atoms with Crippen LogP contribution in [-0.2, 0) is 124 Å². The van der Waals surface area contributed by atoms with E-state index in [0.29, 0.717) is 0 Å². The second-order valence-corrected chi connectivity index (χ2v) is 34.2. The van der Waals surface area contributed by atoms with Crippen molar-refractivity contribution in [1.29, 1.82) is 0 Å². The van der Waals surface area contributed by atoms with E-state index in [0.717, 1.165) is 107 Å². The van der Waals surface area contributed by atoms with Crippen LogP contribution in [0.2, 0.25) is 0 Å². The van der Waals surface area contributed by atoms with Crippen molar-refractivity contribution in [2.75, 3.05) is 0 Å². The molecule has 0 atom stereocenters. The van der Waals surface area contributed by atoms with Crippen LogP contribution >= 0.6 is 0 Å². The molecule has 0 unspecified atom stereocenters. The van der Waals surface area contributed by atoms with Crippen molar-refractivity contribution in [3.8, 4) is 85.2 Å². The molecule has 0 fully saturated rings. The Balaban J connectivity index is 0.000000240. The first kappa shape index (κ1) is 105. The Labute approximate surface area is 817 Å². The van der Waals surface area contributed by atoms with Crippen molar-refractivity contribution in [3.63, 3.8) is 0 Å². The zero-order valence-corrected chi connectivity index (χ0v) is 87.0. The topological polar surface area (TPSA) is 89.1 Å². The summed E-state index contributed by atoms with van der Waals surface area (Å²) in [6, 6.07) is 91.7. The maximum absolute atomic E-state index is 5.08. The molecular weight excluding hydrogens is 2250 g/mol. The summed E-state index contributed by atoms with van der Waals surface area (Å²) in [6.07, 6.45) is 23.7. The molecule has 0 aliphatic rings. The molecule has 0 bridgehead atoms. The van der Waals surface area contributed by atoms with E-state index in [9.17, 15) is 0 Å². The summed E-state index contributed by atoms with van der Waals surface area (Å²) >= 11 is 0. The first-order valence-corrected chi connectivity index (χ1v) is 43.3. The average Bonchev–Trinajstić information content (AvgIpc) is 1.62. The number of para-hydroxylation sites is 1. The number of benzene rings is 10. The maximum atomic E-state index is 5.08. The molecule has 15 rings (SSSR count). The monoisotopic (exact) mass is 2380 g/mol. The Kier molecular flexibility index (Phi) is 41.0. The number of hydrogen-bond acceptors (Lipinski definition) is 5. The molecule has 2 radical (unpaired) electrons. The summed E-state index contributed by atoms with van der Waals surface area (Å²) in [5, 5.41) is 0. The second-order valence-electron chi connectivity index (χ2n) is 34.2. The predicted molar refractivity (Wildman–Crippen MR) is 503 cm³/mol. The first-order chi connectivity index (χ1) is 57.7. The van der Waals surface area contributed by atoms with Crippen molar-refractivity contribution in [3.05, 3.63) is 359 Å². The van der Waals surface area contributed by atoms with E-state index in [4.69, 9.17) is 19.9 Å². The fourth-order valence-corrected chi connectivity index (χ4v) is 16.2. The average molecular weight is 2380 g/mol. The van der Waals surface area contributed by atoms with Crippen LogP contribution in [0.4, 0.5) is 0 Å². The van der Waals surface area contributed by atoms with E-state index in [1.807, 2.05) is 116 Å². The minimum absolute atomic E-state index is 0. The van der Waals surface area contributed by atoms with Gasteiger partial charge in [-0.1, -0.05) is 192 Å². The summed E-state index contributed by atoms with van der Waals surface area (Å²) < 4.78 is 11.4. The molecule has 10 aromatic carbocycles. The SMILES string of the molecule is CCC(C)(C)c1cnc(-c2[c-]cccc2)n1-c1ccc(C)cc1C.CCC(CC)(CC)c1cnc(-c2[c-]cccc2)n1-c1ccc(C)cc1C.CCCCC(C)(C)c1cnc(-c2[c-]cccc2)n1-c1ccc(C)cc1C.CCCCC(C)(C)c1nc(-c2[c-]cccc2)cn1-c1cc(C)ccc1C.Cc1ccccc1-n1ccnc1-c1[c-]cccc1.[Ir].[Pd].[Pt].[Pt].[Rh]. The number of unbranched alkanes of at least 4 members (excludes halogenated alkanes) is 2. The van der Waals surface area contributed by atoms with Gasteiger partial charge >= 0.3 is 0 Å². The Morgan fingerprint density at radius 2 is 0.696 bits per heavy atom. The van der Waals surface area contributed by atoms with Crippen LogP contribution in [-0.4, -0.2) is 47.8 Å². The number of rotatable bonds is 24. The number of hydrogen-bond donors (Lipinski definition) is 0. The van der Waals surface area contributed by atoms with E-state index in [2.05, 4.69) is 343 Å². The third-order valence-electron chi connectivity index (χ3n) is 24.0. The Hall–Kier alpha value is -8.44. The quantitative estimate of drug-likeness (QED) is 0.0444. The van der Waals surface area contributed by atoms with Gasteiger partial charge in [-0.25, -0.2) is 0 Å². The van der Waals surface area contributed by atoms with Gasteiger partial charge in [0, 0.05) is 206 Å². The molecule has 0 N–H and O–H groups in total. The minimum atomic E-state index is 0. The van der Waals surface area contributed by atoms with Gasteiger partial charge in [-0.3, -0.25) is 24.9 Å². The van der Waals surface area contributed by atoms with Gasteiger partial charge in [-0.2, -0.15) is 0 Å². The number of nitrogens with zero attached hydrogens (tertiary/aromatic N) is 10. The number of imidazole rings is 5. The standard InChI is InChI=1S/3C24H29N2.C22H25N2.C16H13N2.Ir.Pd.2Pt.Rh/c1-6-7-15-24(4,5)22-17-25-23(20-11-9-8-10-12-20)26(22)21-14-13-18(2)16-19(21)3;1-6-7-15-24(4,5)23-25-21(20-11-9-8-10-12-20)17-26(23)22-16-18(2)13-14-19(22)3;1-6-24(7-2,8-3)22-17-25-23(20-12-10-9-11-13-20)26(22)21-15-14-18(4)16-19(21)5;1-6-22(4,5)20-15-23-21(18-10-8-7-9-11-18)24(20)19-13-12-16(2)14-17(19)3;1-13-7-5-6-10-15(13)18-12-11-17-16(18)14-8-3-2-4-9-14;;;;;/h2*8-11,13-14,16-17H,6-7,15H2,1-5H3;9-12,14-17H,6-8H2,1-5H3;7-10,12-15H,6H2,1-5H3;2-8,10-12H,1H3;;;;;/q5*-1;;;;;. The largest absolute Gasteiger partial charge is 0.340 e. The number of aryl methyl sites for hydroxylation is 9. The van der Waals surface area contributed by atoms with Crippen LogP contribution in [0.25, 0.3) is 85.2 Å². The van der Waals surface area contributed by atoms with E-state index < -0.39 is 0 Å². The van der Waals surface area contributed by atoms with Crippen LogP contribution in [0.3, 0.4) is 0 Å². The molecule has 0 aliphatic heterocycles. The molecule has 668 valence electrons. The third kappa shape index (κ3) is 25.5. The Morgan fingerprint density at radius 3 is 1.09 bits per heavy atom. The van der Waals surface area contributed by atoms with Crippen molar-refractivity contribution in [2.24, 2.45) is 0 Å². The van der Waals surface area contributed by atoms with Crippen LogP contribution in [0.1, 0.15) is 220 Å². The fourth-order valence-electron chi connectivity index (χ4n) is 16.2. The summed E-state index contributed by atoms with van der Waals surface area (Å²) in [5.41, 5.74) is 27.6. The Morgan fingerprint density at radius 1 is 0.336 bits per heavy atom. The van der Waals surface area contributed by atoms with Gasteiger partial charge in [0.05, 0.1) is 23.3 Å². The third-order valence-corrected chi connectivity index (χ3v) is 24.0. The van der Waals surface area contributed by atoms with Crippen molar-refractivity contribution in [1.82, 2.24) is 47.8 Å². The van der Waals surface area contributed by atoms with Crippen LogP contribution < -0.4 is 0 Å². The van der Waals surface area contributed by atoms with Gasteiger partial charge in [0.1, 0.15) is 5.82 Å². The smallest absolute Gasteiger partial charge is 0.108 e. The molecule has 125 heavy (non-hydrogen) atoms. The maximum Gasteiger partial charge on any atom is 0.108 e. The molecule has 0 amide bonds. The molecule has 0 spiro atoms. The van der Waals surface area contributed by atoms with Gasteiger partial charge in [0.15, 0.2) is 0 Å². The van der Waals surface area contributed by atoms with Gasteiger partial charge < -0.3 is 22.8 Å². The zero-order valence-electron chi connectivity index (χ0n) is 76.9. The van der Waals surface area contributed by atoms with E-state index in [-0.39, 0.29) is 124 Å². The molecule has 0 saturated carbocycles. The van der Waals surface area contributed by atoms with Crippen LogP contribution in [0.15, 0.2) is 256 Å². The van der Waals surface area contributed by atoms with E-state index >= 15 is 0 Å². The summed E-state index contributed by atoms with van der Waals surface area (Å²) in [7, 11) is 0. The summed E-state index contributed by atoms with van der Waals surface area (Å²) in [5.74, 6) is 4.96. The second kappa shape index (κ2) is 48.7. The predicted octanol–water partition coefficient (Wildman–Crippen LogP) is 28.6. The Bertz CT molecular complexity index is 5790. The van der Waals surface area contributed by atoms with E-state index in [1.165, 1.54) is 116 Å². The van der Waals surface area contributed by atoms with Crippen LogP contribution in [0, 0.1) is 92.6 Å². The van der Waals surface area contributed by atoms with Crippen molar-refractivity contribution < 1.29 is 102 Å². The molecule has 0 aliphatic carbocycles.